The van der Waals surface area contributed by atoms with E-state index in [2.05, 4.69) is 37.1 Å². The standard InChI is InChI=1S/C20H26N2O2/c1-4-15(3)12-22-20(23)19-10-9-17(13-21-19)14-24-18-8-6-7-16(5-2)11-18/h6-11,13,15H,4-5,12,14H2,1-3H3,(H,22,23). The second-order valence-corrected chi connectivity index (χ2v) is 6.06. The number of ether oxygens (including phenoxy) is 1. The molecule has 1 N–H and O–H groups in total. The van der Waals surface area contributed by atoms with Crippen molar-refractivity contribution in [3.63, 3.8) is 0 Å². The fourth-order valence-corrected chi connectivity index (χ4v) is 2.17. The first kappa shape index (κ1) is 18.0. The molecule has 24 heavy (non-hydrogen) atoms. The van der Waals surface area contributed by atoms with Gasteiger partial charge in [-0.1, -0.05) is 45.4 Å². The number of nitrogens with one attached hydrogen (secondary N) is 1. The summed E-state index contributed by atoms with van der Waals surface area (Å²) in [5.74, 6) is 1.20. The summed E-state index contributed by atoms with van der Waals surface area (Å²) in [5.41, 5.74) is 2.63. The van der Waals surface area contributed by atoms with E-state index in [1.54, 1.807) is 12.3 Å². The second-order valence-electron chi connectivity index (χ2n) is 6.06. The molecule has 0 radical (unpaired) electrons. The minimum Gasteiger partial charge on any atom is -0.489 e. The summed E-state index contributed by atoms with van der Waals surface area (Å²) in [6, 6.07) is 11.7. The van der Waals surface area contributed by atoms with Crippen LogP contribution in [0.5, 0.6) is 5.75 Å². The number of aryl methyl sites for hydroxylation is 1. The Bertz CT molecular complexity index is 653. The molecule has 4 nitrogen and oxygen atoms in total. The van der Waals surface area contributed by atoms with E-state index in [9.17, 15) is 4.79 Å². The zero-order chi connectivity index (χ0) is 17.4. The number of pyridine rings is 1. The highest BCUT2D eigenvalue weighted by atomic mass is 16.5. The molecule has 0 fully saturated rings. The lowest BCUT2D eigenvalue weighted by Crippen LogP contribution is -2.28. The van der Waals surface area contributed by atoms with Crippen molar-refractivity contribution in [3.8, 4) is 5.75 Å². The Morgan fingerprint density at radius 1 is 1.21 bits per heavy atom. The molecule has 0 bridgehead atoms. The van der Waals surface area contributed by atoms with Crippen LogP contribution in [0.3, 0.4) is 0 Å². The molecule has 2 aromatic rings. The highest BCUT2D eigenvalue weighted by Gasteiger charge is 2.08. The average molecular weight is 326 g/mol. The summed E-state index contributed by atoms with van der Waals surface area (Å²) in [5, 5.41) is 2.91. The first-order valence-electron chi connectivity index (χ1n) is 8.57. The maximum atomic E-state index is 12.0. The van der Waals surface area contributed by atoms with E-state index in [0.717, 1.165) is 24.2 Å². The number of amides is 1. The molecular weight excluding hydrogens is 300 g/mol. The summed E-state index contributed by atoms with van der Waals surface area (Å²) >= 11 is 0. The summed E-state index contributed by atoms with van der Waals surface area (Å²) < 4.78 is 5.79. The topological polar surface area (TPSA) is 51.2 Å². The number of hydrogen-bond donors (Lipinski definition) is 1. The van der Waals surface area contributed by atoms with E-state index in [-0.39, 0.29) is 5.91 Å². The van der Waals surface area contributed by atoms with Crippen molar-refractivity contribution in [3.05, 3.63) is 59.4 Å². The Morgan fingerprint density at radius 3 is 2.71 bits per heavy atom. The van der Waals surface area contributed by atoms with Crippen LogP contribution in [0.25, 0.3) is 0 Å². The van der Waals surface area contributed by atoms with Crippen LogP contribution in [0.1, 0.15) is 48.8 Å². The van der Waals surface area contributed by atoms with Gasteiger partial charge < -0.3 is 10.1 Å². The van der Waals surface area contributed by atoms with Crippen LogP contribution >= 0.6 is 0 Å². The second kappa shape index (κ2) is 9.06. The number of nitrogens with zero attached hydrogens (tertiary/aromatic N) is 1. The van der Waals surface area contributed by atoms with E-state index in [1.807, 2.05) is 24.3 Å². The number of rotatable bonds is 8. The largest absolute Gasteiger partial charge is 0.489 e. The summed E-state index contributed by atoms with van der Waals surface area (Å²) in [6.07, 6.45) is 3.73. The maximum Gasteiger partial charge on any atom is 0.269 e. The molecule has 1 aromatic heterocycles. The Balaban J connectivity index is 1.88. The lowest BCUT2D eigenvalue weighted by molar-refractivity contribution is 0.0942. The normalized spacial score (nSPS) is 11.8. The molecule has 1 unspecified atom stereocenters. The van der Waals surface area contributed by atoms with E-state index in [0.29, 0.717) is 24.8 Å². The molecule has 0 saturated carbocycles. The molecule has 0 spiro atoms. The lowest BCUT2D eigenvalue weighted by atomic mass is 10.1. The molecule has 1 amide bonds. The Labute approximate surface area is 144 Å². The predicted molar refractivity (Wildman–Crippen MR) is 96.2 cm³/mol. The van der Waals surface area contributed by atoms with Gasteiger partial charge in [-0.3, -0.25) is 9.78 Å². The number of hydrogen-bond acceptors (Lipinski definition) is 3. The van der Waals surface area contributed by atoms with Crippen LogP contribution in [0.15, 0.2) is 42.6 Å². The number of aromatic nitrogens is 1. The summed E-state index contributed by atoms with van der Waals surface area (Å²) in [4.78, 5) is 16.3. The molecule has 128 valence electrons. The van der Waals surface area contributed by atoms with Crippen LogP contribution in [0.2, 0.25) is 0 Å². The van der Waals surface area contributed by atoms with Gasteiger partial charge in [0.15, 0.2) is 0 Å². The van der Waals surface area contributed by atoms with Gasteiger partial charge in [0.1, 0.15) is 18.1 Å². The zero-order valence-electron chi connectivity index (χ0n) is 14.7. The molecular formula is C20H26N2O2. The van der Waals surface area contributed by atoms with Crippen LogP contribution < -0.4 is 10.1 Å². The van der Waals surface area contributed by atoms with Crippen molar-refractivity contribution in [2.45, 2.75) is 40.2 Å². The molecule has 0 aliphatic rings. The van der Waals surface area contributed by atoms with Gasteiger partial charge in [0, 0.05) is 18.3 Å². The fraction of sp³-hybridized carbons (Fsp3) is 0.400. The number of carbonyl (C=O) groups is 1. The number of carbonyl (C=O) groups excluding carboxylic acids is 1. The minimum atomic E-state index is -0.126. The monoisotopic (exact) mass is 326 g/mol. The van der Waals surface area contributed by atoms with Crippen molar-refractivity contribution in [1.82, 2.24) is 10.3 Å². The van der Waals surface area contributed by atoms with Gasteiger partial charge in [-0.25, -0.2) is 0 Å². The molecule has 4 heteroatoms. The van der Waals surface area contributed by atoms with E-state index in [4.69, 9.17) is 4.74 Å². The first-order chi connectivity index (χ1) is 11.6. The fourth-order valence-electron chi connectivity index (χ4n) is 2.17. The van der Waals surface area contributed by atoms with Crippen LogP contribution in [-0.4, -0.2) is 17.4 Å². The quantitative estimate of drug-likeness (QED) is 0.798. The van der Waals surface area contributed by atoms with Crippen molar-refractivity contribution in [1.29, 1.82) is 0 Å². The van der Waals surface area contributed by atoms with E-state index in [1.165, 1.54) is 5.56 Å². The first-order valence-corrected chi connectivity index (χ1v) is 8.57. The maximum absolute atomic E-state index is 12.0. The summed E-state index contributed by atoms with van der Waals surface area (Å²) in [6.45, 7) is 7.46. The molecule has 0 saturated heterocycles. The van der Waals surface area contributed by atoms with Crippen molar-refractivity contribution in [2.75, 3.05) is 6.54 Å². The van der Waals surface area contributed by atoms with Crippen molar-refractivity contribution in [2.24, 2.45) is 5.92 Å². The Hall–Kier alpha value is -2.36. The highest BCUT2D eigenvalue weighted by molar-refractivity contribution is 5.92. The van der Waals surface area contributed by atoms with Crippen LogP contribution in [0.4, 0.5) is 0 Å². The number of benzene rings is 1. The smallest absolute Gasteiger partial charge is 0.269 e. The summed E-state index contributed by atoms with van der Waals surface area (Å²) in [7, 11) is 0. The molecule has 1 heterocycles. The minimum absolute atomic E-state index is 0.126. The molecule has 1 atom stereocenters. The van der Waals surface area contributed by atoms with Crippen molar-refractivity contribution >= 4 is 5.91 Å². The van der Waals surface area contributed by atoms with Crippen LogP contribution in [-0.2, 0) is 13.0 Å². The predicted octanol–water partition coefficient (Wildman–Crippen LogP) is 4.00. The van der Waals surface area contributed by atoms with Crippen LogP contribution in [0, 0.1) is 5.92 Å². The van der Waals surface area contributed by atoms with Gasteiger partial charge in [-0.15, -0.1) is 0 Å². The average Bonchev–Trinajstić information content (AvgIpc) is 2.64. The third-order valence-electron chi connectivity index (χ3n) is 4.08. The zero-order valence-corrected chi connectivity index (χ0v) is 14.7. The molecule has 2 rings (SSSR count). The third kappa shape index (κ3) is 5.37. The van der Waals surface area contributed by atoms with Gasteiger partial charge in [-0.05, 0) is 36.1 Å². The lowest BCUT2D eigenvalue weighted by Gasteiger charge is -2.10. The van der Waals surface area contributed by atoms with Gasteiger partial charge in [0.2, 0.25) is 0 Å². The Morgan fingerprint density at radius 2 is 2.04 bits per heavy atom. The van der Waals surface area contributed by atoms with E-state index < -0.39 is 0 Å². The molecule has 1 aromatic carbocycles. The van der Waals surface area contributed by atoms with E-state index >= 15 is 0 Å². The van der Waals surface area contributed by atoms with Gasteiger partial charge in [0.05, 0.1) is 0 Å². The molecule has 0 aliphatic carbocycles. The van der Waals surface area contributed by atoms with Crippen molar-refractivity contribution < 1.29 is 9.53 Å². The van der Waals surface area contributed by atoms with Gasteiger partial charge >= 0.3 is 0 Å². The SMILES string of the molecule is CCc1cccc(OCc2ccc(C(=O)NCC(C)CC)nc2)c1. The van der Waals surface area contributed by atoms with Gasteiger partial charge in [0.25, 0.3) is 5.91 Å². The Kier molecular flexibility index (Phi) is 6.79. The highest BCUT2D eigenvalue weighted by Crippen LogP contribution is 2.15. The molecule has 0 aliphatic heterocycles. The van der Waals surface area contributed by atoms with Gasteiger partial charge in [-0.2, -0.15) is 0 Å². The third-order valence-corrected chi connectivity index (χ3v) is 4.08.